The van der Waals surface area contributed by atoms with Gasteiger partial charge in [0.05, 0.1) is 23.0 Å². The minimum atomic E-state index is -0.148. The lowest BCUT2D eigenvalue weighted by Gasteiger charge is -2.23. The number of imidazole rings is 1. The average molecular weight is 503 g/mol. The van der Waals surface area contributed by atoms with Gasteiger partial charge in [0.25, 0.3) is 0 Å². The number of rotatable bonds is 9. The fraction of sp³-hybridized carbons (Fsp3) is 0.519. The second-order valence-electron chi connectivity index (χ2n) is 10.4. The topological polar surface area (TPSA) is 119 Å². The molecule has 10 nitrogen and oxygen atoms in total. The Morgan fingerprint density at radius 3 is 2.81 bits per heavy atom. The van der Waals surface area contributed by atoms with E-state index in [1.165, 1.54) is 12.8 Å². The number of hydrogen-bond donors (Lipinski definition) is 1. The molecule has 1 aliphatic carbocycles. The number of fused-ring (bicyclic) bond motifs is 1. The third kappa shape index (κ3) is 5.35. The summed E-state index contributed by atoms with van der Waals surface area (Å²) < 4.78 is 15.9. The van der Waals surface area contributed by atoms with E-state index in [0.717, 1.165) is 66.2 Å². The van der Waals surface area contributed by atoms with Crippen LogP contribution in [0.2, 0.25) is 0 Å². The van der Waals surface area contributed by atoms with Gasteiger partial charge >= 0.3 is 0 Å². The number of ether oxygens (including phenoxy) is 2. The summed E-state index contributed by atoms with van der Waals surface area (Å²) in [7, 11) is 0. The molecule has 4 aromatic rings. The molecule has 0 spiro atoms. The molecule has 0 amide bonds. The highest BCUT2D eigenvalue weighted by Gasteiger charge is 2.23. The molecule has 2 fully saturated rings. The molecule has 2 N–H and O–H groups in total. The predicted octanol–water partition coefficient (Wildman–Crippen LogP) is 4.29. The van der Waals surface area contributed by atoms with Crippen molar-refractivity contribution in [2.75, 3.05) is 12.3 Å². The zero-order valence-electron chi connectivity index (χ0n) is 21.5. The number of nitrogens with zero attached hydrogens (tertiary/aromatic N) is 7. The average Bonchev–Trinajstić information content (AvgIpc) is 3.52. The van der Waals surface area contributed by atoms with E-state index in [4.69, 9.17) is 25.2 Å². The van der Waals surface area contributed by atoms with Crippen molar-refractivity contribution in [2.24, 2.45) is 5.92 Å². The first-order valence-electron chi connectivity index (χ1n) is 13.3. The quantitative estimate of drug-likeness (QED) is 0.360. The van der Waals surface area contributed by atoms with E-state index in [1.807, 2.05) is 23.1 Å². The van der Waals surface area contributed by atoms with E-state index in [1.54, 1.807) is 6.20 Å². The molecule has 0 bridgehead atoms. The first-order chi connectivity index (χ1) is 18.0. The molecule has 6 rings (SSSR count). The zero-order chi connectivity index (χ0) is 25.4. The Balaban J connectivity index is 1.22. The molecule has 0 radical (unpaired) electrons. The van der Waals surface area contributed by atoms with Gasteiger partial charge in [-0.15, -0.1) is 0 Å². The summed E-state index contributed by atoms with van der Waals surface area (Å²) in [5.74, 6) is 2.66. The van der Waals surface area contributed by atoms with Crippen LogP contribution in [0.3, 0.4) is 0 Å². The Labute approximate surface area is 216 Å². The van der Waals surface area contributed by atoms with E-state index >= 15 is 0 Å². The lowest BCUT2D eigenvalue weighted by molar-refractivity contribution is -0.170. The van der Waals surface area contributed by atoms with Crippen LogP contribution in [-0.4, -0.2) is 47.2 Å². The van der Waals surface area contributed by atoms with E-state index in [2.05, 4.69) is 39.5 Å². The van der Waals surface area contributed by atoms with E-state index in [9.17, 15) is 0 Å². The van der Waals surface area contributed by atoms with Gasteiger partial charge in [-0.05, 0) is 64.0 Å². The summed E-state index contributed by atoms with van der Waals surface area (Å²) in [6.45, 7) is 6.40. The molecule has 194 valence electrons. The first kappa shape index (κ1) is 24.0. The van der Waals surface area contributed by atoms with Crippen LogP contribution in [0.15, 0.2) is 30.7 Å². The van der Waals surface area contributed by atoms with Gasteiger partial charge in [-0.1, -0.05) is 0 Å². The van der Waals surface area contributed by atoms with Gasteiger partial charge in [0, 0.05) is 43.7 Å². The molecule has 5 heterocycles. The Hall–Kier alpha value is -3.37. The molecule has 37 heavy (non-hydrogen) atoms. The minimum absolute atomic E-state index is 0.148. The number of anilines is 1. The molecular weight excluding hydrogens is 468 g/mol. The maximum absolute atomic E-state index is 6.20. The standard InChI is InChI=1S/C27H34N8O2/c1-17(2)35-23-12-20(30-13-22(23)32-24(35)16-37-25-5-3-4-10-36-25)11-19-8-9-29-27(31-19)21-15-34(33-26(21)28)14-18-6-7-18/h8-9,12-13,15,17-18,25H,3-7,10-11,14,16H2,1-2H3,(H2,28,33). The highest BCUT2D eigenvalue weighted by molar-refractivity contribution is 5.76. The molecular formula is C27H34N8O2. The van der Waals surface area contributed by atoms with E-state index < -0.39 is 0 Å². The molecule has 10 heteroatoms. The van der Waals surface area contributed by atoms with Crippen molar-refractivity contribution in [2.45, 2.75) is 77.9 Å². The van der Waals surface area contributed by atoms with Crippen LogP contribution < -0.4 is 5.73 Å². The molecule has 1 aliphatic heterocycles. The van der Waals surface area contributed by atoms with Crippen molar-refractivity contribution in [3.63, 3.8) is 0 Å². The van der Waals surface area contributed by atoms with Gasteiger partial charge in [-0.2, -0.15) is 5.10 Å². The van der Waals surface area contributed by atoms with Crippen LogP contribution in [0.1, 0.15) is 69.2 Å². The second kappa shape index (κ2) is 10.2. The molecule has 0 aromatic carbocycles. The fourth-order valence-corrected chi connectivity index (χ4v) is 4.95. The summed E-state index contributed by atoms with van der Waals surface area (Å²) in [5, 5.41) is 4.46. The zero-order valence-corrected chi connectivity index (χ0v) is 21.5. The summed E-state index contributed by atoms with van der Waals surface area (Å²) in [4.78, 5) is 18.8. The van der Waals surface area contributed by atoms with Crippen molar-refractivity contribution in [3.8, 4) is 11.4 Å². The Bertz CT molecular complexity index is 1380. The fourth-order valence-electron chi connectivity index (χ4n) is 4.95. The normalized spacial score (nSPS) is 18.2. The summed E-state index contributed by atoms with van der Waals surface area (Å²) in [6, 6.07) is 4.25. The third-order valence-corrected chi connectivity index (χ3v) is 7.01. The van der Waals surface area contributed by atoms with Crippen LogP contribution in [0.4, 0.5) is 5.82 Å². The summed E-state index contributed by atoms with van der Waals surface area (Å²) >= 11 is 0. The lowest BCUT2D eigenvalue weighted by atomic mass is 10.2. The van der Waals surface area contributed by atoms with Crippen molar-refractivity contribution in [1.82, 2.24) is 34.3 Å². The molecule has 1 unspecified atom stereocenters. The number of nitrogens with two attached hydrogens (primary N) is 1. The predicted molar refractivity (Wildman–Crippen MR) is 139 cm³/mol. The van der Waals surface area contributed by atoms with Crippen LogP contribution in [0, 0.1) is 5.92 Å². The SMILES string of the molecule is CC(C)n1c(COC2CCCCO2)nc2cnc(Cc3ccnc(-c4cn(CC5CC5)nc4N)n3)cc21. The van der Waals surface area contributed by atoms with Gasteiger partial charge < -0.3 is 19.8 Å². The van der Waals surface area contributed by atoms with Crippen LogP contribution in [0.25, 0.3) is 22.4 Å². The Morgan fingerprint density at radius 1 is 1.14 bits per heavy atom. The van der Waals surface area contributed by atoms with Crippen molar-refractivity contribution in [3.05, 3.63) is 47.9 Å². The second-order valence-corrected chi connectivity index (χ2v) is 10.4. The maximum atomic E-state index is 6.20. The number of pyridine rings is 1. The summed E-state index contributed by atoms with van der Waals surface area (Å²) in [6.07, 6.45) is 11.7. The molecule has 2 aliphatic rings. The van der Waals surface area contributed by atoms with Gasteiger partial charge in [0.15, 0.2) is 17.9 Å². The molecule has 4 aromatic heterocycles. The molecule has 1 atom stereocenters. The smallest absolute Gasteiger partial charge is 0.164 e. The number of hydrogen-bond acceptors (Lipinski definition) is 8. The van der Waals surface area contributed by atoms with E-state index in [0.29, 0.717) is 30.6 Å². The Morgan fingerprint density at radius 2 is 2.03 bits per heavy atom. The van der Waals surface area contributed by atoms with Crippen molar-refractivity contribution >= 4 is 16.9 Å². The molecule has 1 saturated heterocycles. The van der Waals surface area contributed by atoms with Crippen molar-refractivity contribution < 1.29 is 9.47 Å². The van der Waals surface area contributed by atoms with Crippen LogP contribution in [0.5, 0.6) is 0 Å². The number of aromatic nitrogens is 7. The Kier molecular flexibility index (Phi) is 6.60. The van der Waals surface area contributed by atoms with Gasteiger partial charge in [0.1, 0.15) is 17.9 Å². The van der Waals surface area contributed by atoms with Gasteiger partial charge in [-0.3, -0.25) is 9.67 Å². The van der Waals surface area contributed by atoms with Gasteiger partial charge in [0.2, 0.25) is 0 Å². The monoisotopic (exact) mass is 502 g/mol. The molecule has 1 saturated carbocycles. The van der Waals surface area contributed by atoms with E-state index in [-0.39, 0.29) is 12.3 Å². The van der Waals surface area contributed by atoms with Crippen LogP contribution in [-0.2, 0) is 29.0 Å². The first-order valence-corrected chi connectivity index (χ1v) is 13.3. The highest BCUT2D eigenvalue weighted by Crippen LogP contribution is 2.32. The van der Waals surface area contributed by atoms with Gasteiger partial charge in [-0.25, -0.2) is 15.0 Å². The minimum Gasteiger partial charge on any atom is -0.382 e. The highest BCUT2D eigenvalue weighted by atomic mass is 16.7. The van der Waals surface area contributed by atoms with Crippen LogP contribution >= 0.6 is 0 Å². The largest absolute Gasteiger partial charge is 0.382 e. The third-order valence-electron chi connectivity index (χ3n) is 7.01. The summed E-state index contributed by atoms with van der Waals surface area (Å²) in [5.41, 5.74) is 10.7. The van der Waals surface area contributed by atoms with Crippen molar-refractivity contribution in [1.29, 1.82) is 0 Å². The number of nitrogen functional groups attached to an aromatic ring is 1. The lowest BCUT2D eigenvalue weighted by Crippen LogP contribution is -2.23. The maximum Gasteiger partial charge on any atom is 0.164 e.